The van der Waals surface area contributed by atoms with E-state index in [0.717, 1.165) is 17.5 Å². The van der Waals surface area contributed by atoms with E-state index in [9.17, 15) is 4.39 Å². The Morgan fingerprint density at radius 2 is 2.22 bits per heavy atom. The molecule has 0 aliphatic heterocycles. The molecule has 0 spiro atoms. The summed E-state index contributed by atoms with van der Waals surface area (Å²) in [6, 6.07) is 4.75. The van der Waals surface area contributed by atoms with Crippen LogP contribution in [0.25, 0.3) is 0 Å². The van der Waals surface area contributed by atoms with Gasteiger partial charge < -0.3 is 0 Å². The predicted octanol–water partition coefficient (Wildman–Crippen LogP) is 4.41. The van der Waals surface area contributed by atoms with E-state index in [-0.39, 0.29) is 10.4 Å². The minimum atomic E-state index is -0.412. The van der Waals surface area contributed by atoms with E-state index in [2.05, 4.69) is 5.10 Å². The van der Waals surface area contributed by atoms with Gasteiger partial charge in [0.25, 0.3) is 0 Å². The molecule has 1 atom stereocenters. The van der Waals surface area contributed by atoms with Crippen LogP contribution in [0.5, 0.6) is 0 Å². The molecule has 1 heterocycles. The highest BCUT2D eigenvalue weighted by molar-refractivity contribution is 6.30. The fraction of sp³-hybridized carbons (Fsp3) is 0.308. The van der Waals surface area contributed by atoms with Crippen molar-refractivity contribution < 1.29 is 4.39 Å². The van der Waals surface area contributed by atoms with Crippen molar-refractivity contribution in [3.63, 3.8) is 0 Å². The Balaban J connectivity index is 2.13. The number of alkyl halides is 1. The summed E-state index contributed by atoms with van der Waals surface area (Å²) in [5, 5.41) is 4.31. The van der Waals surface area contributed by atoms with Gasteiger partial charge in [-0.05, 0) is 24.1 Å². The fourth-order valence-electron chi connectivity index (χ4n) is 1.69. The third-order valence-electron chi connectivity index (χ3n) is 2.70. The molecule has 1 aromatic carbocycles. The van der Waals surface area contributed by atoms with Crippen LogP contribution < -0.4 is 0 Å². The van der Waals surface area contributed by atoms with Gasteiger partial charge in [-0.3, -0.25) is 4.68 Å². The molecule has 0 saturated carbocycles. The second-order valence-electron chi connectivity index (χ2n) is 4.10. The van der Waals surface area contributed by atoms with Crippen molar-refractivity contribution in [3.05, 3.63) is 52.6 Å². The second-order valence-corrected chi connectivity index (χ2v) is 5.03. The van der Waals surface area contributed by atoms with E-state index >= 15 is 0 Å². The van der Waals surface area contributed by atoms with Gasteiger partial charge in [0.1, 0.15) is 5.82 Å². The van der Waals surface area contributed by atoms with Gasteiger partial charge >= 0.3 is 0 Å². The molecule has 0 aliphatic carbocycles. The third-order valence-corrected chi connectivity index (χ3v) is 3.57. The van der Waals surface area contributed by atoms with E-state index in [1.165, 1.54) is 6.07 Å². The maximum Gasteiger partial charge on any atom is 0.142 e. The smallest absolute Gasteiger partial charge is 0.142 e. The highest BCUT2D eigenvalue weighted by Gasteiger charge is 2.08. The zero-order chi connectivity index (χ0) is 13.1. The minimum Gasteiger partial charge on any atom is -0.268 e. The van der Waals surface area contributed by atoms with Crippen LogP contribution in [0.2, 0.25) is 5.02 Å². The summed E-state index contributed by atoms with van der Waals surface area (Å²) < 4.78 is 15.0. The Morgan fingerprint density at radius 3 is 2.89 bits per heavy atom. The van der Waals surface area contributed by atoms with Crippen LogP contribution in [0.1, 0.15) is 29.8 Å². The van der Waals surface area contributed by atoms with Gasteiger partial charge in [-0.1, -0.05) is 24.6 Å². The summed E-state index contributed by atoms with van der Waals surface area (Å²) in [6.07, 6.45) is 4.48. The van der Waals surface area contributed by atoms with Gasteiger partial charge in [0, 0.05) is 11.8 Å². The molecule has 18 heavy (non-hydrogen) atoms. The van der Waals surface area contributed by atoms with Gasteiger partial charge in [0.05, 0.1) is 23.1 Å². The van der Waals surface area contributed by atoms with Crippen molar-refractivity contribution in [2.75, 3.05) is 0 Å². The molecule has 0 aliphatic rings. The topological polar surface area (TPSA) is 17.8 Å². The standard InChI is InChI=1S/C13H13Cl2FN2/c1-2-11(14)10-6-17-18(8-10)7-9-3-4-12(15)13(16)5-9/h3-6,8,11H,2,7H2,1H3. The first-order valence-electron chi connectivity index (χ1n) is 5.70. The number of nitrogens with zero attached hydrogens (tertiary/aromatic N) is 2. The Morgan fingerprint density at radius 1 is 1.44 bits per heavy atom. The summed E-state index contributed by atoms with van der Waals surface area (Å²) >= 11 is 11.8. The summed E-state index contributed by atoms with van der Waals surface area (Å²) in [6.45, 7) is 2.52. The molecular weight excluding hydrogens is 274 g/mol. The van der Waals surface area contributed by atoms with E-state index < -0.39 is 5.82 Å². The lowest BCUT2D eigenvalue weighted by Crippen LogP contribution is -2.00. The zero-order valence-corrected chi connectivity index (χ0v) is 11.4. The second kappa shape index (κ2) is 5.72. The lowest BCUT2D eigenvalue weighted by molar-refractivity contribution is 0.619. The molecule has 5 heteroatoms. The van der Waals surface area contributed by atoms with Gasteiger partial charge in [0.2, 0.25) is 0 Å². The summed E-state index contributed by atoms with van der Waals surface area (Å²) in [5.74, 6) is -0.412. The lowest BCUT2D eigenvalue weighted by atomic mass is 10.2. The monoisotopic (exact) mass is 286 g/mol. The molecule has 96 valence electrons. The maximum absolute atomic E-state index is 13.3. The SMILES string of the molecule is CCC(Cl)c1cnn(Cc2ccc(Cl)c(F)c2)c1. The number of halogens is 3. The average Bonchev–Trinajstić information content (AvgIpc) is 2.81. The molecule has 2 nitrogen and oxygen atoms in total. The summed E-state index contributed by atoms with van der Waals surface area (Å²) in [7, 11) is 0. The van der Waals surface area contributed by atoms with Crippen LogP contribution in [0, 0.1) is 5.82 Å². The number of aromatic nitrogens is 2. The van der Waals surface area contributed by atoms with Gasteiger partial charge in [-0.2, -0.15) is 5.10 Å². The number of hydrogen-bond acceptors (Lipinski definition) is 1. The van der Waals surface area contributed by atoms with E-state index in [4.69, 9.17) is 23.2 Å². The maximum atomic E-state index is 13.3. The lowest BCUT2D eigenvalue weighted by Gasteiger charge is -2.04. The minimum absolute atomic E-state index is 0.0271. The fourth-order valence-corrected chi connectivity index (χ4v) is 1.92. The van der Waals surface area contributed by atoms with Crippen LogP contribution in [-0.4, -0.2) is 9.78 Å². The van der Waals surface area contributed by atoms with Crippen molar-refractivity contribution >= 4 is 23.2 Å². The van der Waals surface area contributed by atoms with Crippen molar-refractivity contribution in [1.29, 1.82) is 0 Å². The predicted molar refractivity (Wildman–Crippen MR) is 71.6 cm³/mol. The van der Waals surface area contributed by atoms with Gasteiger partial charge in [0.15, 0.2) is 0 Å². The highest BCUT2D eigenvalue weighted by atomic mass is 35.5. The van der Waals surface area contributed by atoms with Crippen molar-refractivity contribution in [2.45, 2.75) is 25.3 Å². The summed E-state index contributed by atoms with van der Waals surface area (Å²) in [4.78, 5) is 0. The first-order valence-corrected chi connectivity index (χ1v) is 6.52. The van der Waals surface area contributed by atoms with Crippen LogP contribution in [0.15, 0.2) is 30.6 Å². The van der Waals surface area contributed by atoms with Crippen molar-refractivity contribution in [2.24, 2.45) is 0 Å². The van der Waals surface area contributed by atoms with Crippen LogP contribution in [0.3, 0.4) is 0 Å². The quantitative estimate of drug-likeness (QED) is 0.761. The highest BCUT2D eigenvalue weighted by Crippen LogP contribution is 2.23. The molecular formula is C13H13Cl2FN2. The van der Waals surface area contributed by atoms with Crippen molar-refractivity contribution in [1.82, 2.24) is 9.78 Å². The molecule has 0 amide bonds. The molecule has 0 fully saturated rings. The van der Waals surface area contributed by atoms with Crippen LogP contribution in [0.4, 0.5) is 4.39 Å². The normalized spacial score (nSPS) is 12.7. The molecule has 0 saturated heterocycles. The van der Waals surface area contributed by atoms with Crippen LogP contribution in [-0.2, 0) is 6.54 Å². The number of hydrogen-bond donors (Lipinski definition) is 0. The van der Waals surface area contributed by atoms with E-state index in [0.29, 0.717) is 6.54 Å². The Kier molecular flexibility index (Phi) is 4.25. The van der Waals surface area contributed by atoms with E-state index in [1.807, 2.05) is 13.1 Å². The Bertz CT molecular complexity index is 540. The molecule has 0 bridgehead atoms. The average molecular weight is 287 g/mol. The number of benzene rings is 1. The largest absolute Gasteiger partial charge is 0.268 e. The first-order chi connectivity index (χ1) is 8.60. The third kappa shape index (κ3) is 3.03. The van der Waals surface area contributed by atoms with E-state index in [1.54, 1.807) is 23.0 Å². The number of rotatable bonds is 4. The Hall–Kier alpha value is -1.06. The molecule has 1 aromatic heterocycles. The zero-order valence-electron chi connectivity index (χ0n) is 9.91. The molecule has 1 unspecified atom stereocenters. The molecule has 2 rings (SSSR count). The van der Waals surface area contributed by atoms with Crippen molar-refractivity contribution in [3.8, 4) is 0 Å². The Labute approximate surface area is 115 Å². The molecule has 0 N–H and O–H groups in total. The molecule has 2 aromatic rings. The van der Waals surface area contributed by atoms with Gasteiger partial charge in [-0.15, -0.1) is 11.6 Å². The molecule has 0 radical (unpaired) electrons. The summed E-state index contributed by atoms with van der Waals surface area (Å²) in [5.41, 5.74) is 1.79. The van der Waals surface area contributed by atoms with Crippen LogP contribution >= 0.6 is 23.2 Å². The first kappa shape index (κ1) is 13.4. The van der Waals surface area contributed by atoms with Gasteiger partial charge in [-0.25, -0.2) is 4.39 Å².